The van der Waals surface area contributed by atoms with Crippen LogP contribution in [0.5, 0.6) is 0 Å². The van der Waals surface area contributed by atoms with E-state index in [0.29, 0.717) is 18.7 Å². The van der Waals surface area contributed by atoms with Crippen molar-refractivity contribution in [1.29, 1.82) is 5.26 Å². The van der Waals surface area contributed by atoms with Crippen molar-refractivity contribution in [2.75, 3.05) is 32.1 Å². The van der Waals surface area contributed by atoms with Gasteiger partial charge in [-0.3, -0.25) is 9.69 Å². The van der Waals surface area contributed by atoms with Crippen molar-refractivity contribution in [2.24, 2.45) is 0 Å². The summed E-state index contributed by atoms with van der Waals surface area (Å²) in [7, 11) is 1.77. The fourth-order valence-electron chi connectivity index (χ4n) is 1.49. The second-order valence-electron chi connectivity index (χ2n) is 4.04. The number of carbonyl (C=O) groups is 1. The zero-order chi connectivity index (χ0) is 13.4. The maximum Gasteiger partial charge on any atom is 0.238 e. The lowest BCUT2D eigenvalue weighted by atomic mass is 10.1. The third-order valence-corrected chi connectivity index (χ3v) is 2.42. The third kappa shape index (κ3) is 4.95. The average Bonchev–Trinajstić information content (AvgIpc) is 2.32. The number of hydrogen-bond acceptors (Lipinski definition) is 4. The van der Waals surface area contributed by atoms with Crippen LogP contribution in [0.4, 0.5) is 5.69 Å². The minimum atomic E-state index is -0.126. The highest BCUT2D eigenvalue weighted by atomic mass is 16.3. The maximum absolute atomic E-state index is 11.6. The van der Waals surface area contributed by atoms with Crippen LogP contribution in [0, 0.1) is 11.3 Å². The van der Waals surface area contributed by atoms with Crippen LogP contribution in [0.15, 0.2) is 24.3 Å². The van der Waals surface area contributed by atoms with Crippen molar-refractivity contribution >= 4 is 11.6 Å². The summed E-state index contributed by atoms with van der Waals surface area (Å²) < 4.78 is 0. The van der Waals surface area contributed by atoms with Gasteiger partial charge in [-0.2, -0.15) is 5.26 Å². The number of nitriles is 1. The Morgan fingerprint density at radius 2 is 2.11 bits per heavy atom. The van der Waals surface area contributed by atoms with Gasteiger partial charge in [0.2, 0.25) is 5.91 Å². The molecule has 0 aliphatic heterocycles. The van der Waals surface area contributed by atoms with Crippen LogP contribution < -0.4 is 5.32 Å². The largest absolute Gasteiger partial charge is 0.395 e. The predicted octanol–water partition coefficient (Wildman–Crippen LogP) is 0.615. The molecule has 0 spiro atoms. The molecule has 1 aromatic carbocycles. The zero-order valence-electron chi connectivity index (χ0n) is 10.4. The van der Waals surface area contributed by atoms with Gasteiger partial charge in [-0.25, -0.2) is 0 Å². The lowest BCUT2D eigenvalue weighted by molar-refractivity contribution is -0.117. The summed E-state index contributed by atoms with van der Waals surface area (Å²) in [5.41, 5.74) is 1.63. The highest BCUT2D eigenvalue weighted by molar-refractivity contribution is 5.92. The summed E-state index contributed by atoms with van der Waals surface area (Å²) >= 11 is 0. The molecule has 1 amide bonds. The Labute approximate surface area is 107 Å². The first-order chi connectivity index (χ1) is 8.65. The van der Waals surface area contributed by atoms with Gasteiger partial charge in [0.15, 0.2) is 0 Å². The number of anilines is 1. The van der Waals surface area contributed by atoms with Crippen molar-refractivity contribution < 1.29 is 9.90 Å². The molecule has 96 valence electrons. The minimum Gasteiger partial charge on any atom is -0.395 e. The molecule has 18 heavy (non-hydrogen) atoms. The Bertz CT molecular complexity index is 423. The predicted molar refractivity (Wildman–Crippen MR) is 69.0 cm³/mol. The molecule has 0 saturated heterocycles. The lowest BCUT2D eigenvalue weighted by Gasteiger charge is -2.14. The van der Waals surface area contributed by atoms with E-state index >= 15 is 0 Å². The van der Waals surface area contributed by atoms with E-state index < -0.39 is 0 Å². The quantitative estimate of drug-likeness (QED) is 0.772. The SMILES string of the molecule is CN(CCO)CC(=O)Nc1ccc(CC#N)cc1. The monoisotopic (exact) mass is 247 g/mol. The number of rotatable bonds is 6. The first-order valence-corrected chi connectivity index (χ1v) is 5.71. The van der Waals surface area contributed by atoms with Crippen LogP contribution in [0.1, 0.15) is 5.56 Å². The number of carbonyl (C=O) groups excluding carboxylic acids is 1. The first-order valence-electron chi connectivity index (χ1n) is 5.71. The summed E-state index contributed by atoms with van der Waals surface area (Å²) in [6.07, 6.45) is 0.369. The van der Waals surface area contributed by atoms with Crippen molar-refractivity contribution in [2.45, 2.75) is 6.42 Å². The van der Waals surface area contributed by atoms with Gasteiger partial charge in [0, 0.05) is 12.2 Å². The Morgan fingerprint density at radius 3 is 2.67 bits per heavy atom. The molecule has 0 heterocycles. The minimum absolute atomic E-state index is 0.0344. The standard InChI is InChI=1S/C13H17N3O2/c1-16(8-9-17)10-13(18)15-12-4-2-11(3-5-12)6-7-14/h2-5,17H,6,8-10H2,1H3,(H,15,18). The molecule has 5 heteroatoms. The molecule has 0 saturated carbocycles. The molecule has 0 bridgehead atoms. The van der Waals surface area contributed by atoms with E-state index in [9.17, 15) is 4.79 Å². The number of aliphatic hydroxyl groups excluding tert-OH is 1. The number of hydrogen-bond donors (Lipinski definition) is 2. The van der Waals surface area contributed by atoms with Crippen LogP contribution in [0.2, 0.25) is 0 Å². The number of amides is 1. The molecule has 0 atom stereocenters. The second-order valence-corrected chi connectivity index (χ2v) is 4.04. The summed E-state index contributed by atoms with van der Waals surface area (Å²) in [4.78, 5) is 13.4. The molecule has 5 nitrogen and oxygen atoms in total. The summed E-state index contributed by atoms with van der Waals surface area (Å²) in [5, 5.41) is 20.0. The molecular formula is C13H17N3O2. The summed E-state index contributed by atoms with van der Waals surface area (Å²) in [5.74, 6) is -0.126. The fraction of sp³-hybridized carbons (Fsp3) is 0.385. The van der Waals surface area contributed by atoms with Crippen LogP contribution in [0.25, 0.3) is 0 Å². The van der Waals surface area contributed by atoms with Gasteiger partial charge in [-0.15, -0.1) is 0 Å². The molecule has 2 N–H and O–H groups in total. The maximum atomic E-state index is 11.6. The molecule has 0 aliphatic carbocycles. The van der Waals surface area contributed by atoms with Crippen molar-refractivity contribution in [3.63, 3.8) is 0 Å². The lowest BCUT2D eigenvalue weighted by Crippen LogP contribution is -2.32. The summed E-state index contributed by atoms with van der Waals surface area (Å²) in [6, 6.07) is 9.25. The van der Waals surface area contributed by atoms with E-state index in [1.807, 2.05) is 12.1 Å². The topological polar surface area (TPSA) is 76.4 Å². The molecule has 1 aromatic rings. The molecule has 0 unspecified atom stereocenters. The van der Waals surface area contributed by atoms with Gasteiger partial charge >= 0.3 is 0 Å². The average molecular weight is 247 g/mol. The number of aliphatic hydroxyl groups is 1. The van der Waals surface area contributed by atoms with E-state index in [1.54, 1.807) is 24.1 Å². The van der Waals surface area contributed by atoms with Crippen LogP contribution in [-0.2, 0) is 11.2 Å². The molecule has 0 radical (unpaired) electrons. The highest BCUT2D eigenvalue weighted by Gasteiger charge is 2.06. The third-order valence-electron chi connectivity index (χ3n) is 2.42. The van der Waals surface area contributed by atoms with Gasteiger partial charge in [0.25, 0.3) is 0 Å². The Morgan fingerprint density at radius 1 is 1.44 bits per heavy atom. The molecule has 1 rings (SSSR count). The molecule has 0 aromatic heterocycles. The number of likely N-dealkylation sites (N-methyl/N-ethyl adjacent to an activating group) is 1. The molecule has 0 aliphatic rings. The van der Waals surface area contributed by atoms with Crippen LogP contribution >= 0.6 is 0 Å². The molecular weight excluding hydrogens is 230 g/mol. The van der Waals surface area contributed by atoms with E-state index in [1.165, 1.54) is 0 Å². The van der Waals surface area contributed by atoms with Crippen molar-refractivity contribution in [1.82, 2.24) is 4.90 Å². The van der Waals surface area contributed by atoms with Gasteiger partial charge < -0.3 is 10.4 Å². The van der Waals surface area contributed by atoms with Gasteiger partial charge in [-0.05, 0) is 24.7 Å². The van der Waals surface area contributed by atoms with Gasteiger partial charge in [0.05, 0.1) is 25.6 Å². The van der Waals surface area contributed by atoms with Crippen molar-refractivity contribution in [3.8, 4) is 6.07 Å². The molecule has 0 fully saturated rings. The number of benzene rings is 1. The smallest absolute Gasteiger partial charge is 0.238 e. The van der Waals surface area contributed by atoms with Crippen LogP contribution in [-0.4, -0.2) is 42.7 Å². The normalized spacial score (nSPS) is 10.1. The Balaban J connectivity index is 2.47. The first kappa shape index (κ1) is 14.2. The van der Waals surface area contributed by atoms with E-state index in [-0.39, 0.29) is 19.1 Å². The van der Waals surface area contributed by atoms with E-state index in [4.69, 9.17) is 10.4 Å². The number of nitrogens with zero attached hydrogens (tertiary/aromatic N) is 2. The fourth-order valence-corrected chi connectivity index (χ4v) is 1.49. The highest BCUT2D eigenvalue weighted by Crippen LogP contribution is 2.09. The van der Waals surface area contributed by atoms with Gasteiger partial charge in [-0.1, -0.05) is 12.1 Å². The number of nitrogens with one attached hydrogen (secondary N) is 1. The van der Waals surface area contributed by atoms with Crippen LogP contribution in [0.3, 0.4) is 0 Å². The second kappa shape index (κ2) is 7.43. The van der Waals surface area contributed by atoms with E-state index in [2.05, 4.69) is 11.4 Å². The zero-order valence-corrected chi connectivity index (χ0v) is 10.4. The van der Waals surface area contributed by atoms with Gasteiger partial charge in [0.1, 0.15) is 0 Å². The summed E-state index contributed by atoms with van der Waals surface area (Å²) in [6.45, 7) is 0.738. The van der Waals surface area contributed by atoms with E-state index in [0.717, 1.165) is 5.56 Å². The Hall–Kier alpha value is -1.90. The van der Waals surface area contributed by atoms with Crippen molar-refractivity contribution in [3.05, 3.63) is 29.8 Å². The Kier molecular flexibility index (Phi) is 5.85.